The minimum Gasteiger partial charge on any atom is -0.492 e. The normalized spacial score (nSPS) is 18.4. The SMILES string of the molecule is CC1(COc2cc(NN)ncc2Br)CCCCC1. The van der Waals surface area contributed by atoms with Gasteiger partial charge in [0, 0.05) is 17.7 Å². The number of anilines is 1. The molecule has 0 aliphatic heterocycles. The maximum absolute atomic E-state index is 5.94. The number of nitrogens with two attached hydrogens (primary N) is 1. The van der Waals surface area contributed by atoms with Crippen molar-refractivity contribution in [2.45, 2.75) is 39.0 Å². The summed E-state index contributed by atoms with van der Waals surface area (Å²) in [6, 6.07) is 1.82. The number of pyridine rings is 1. The van der Waals surface area contributed by atoms with Crippen molar-refractivity contribution in [2.75, 3.05) is 12.0 Å². The second-order valence-corrected chi connectivity index (χ2v) is 6.16. The van der Waals surface area contributed by atoms with Crippen molar-refractivity contribution in [1.29, 1.82) is 0 Å². The third-order valence-electron chi connectivity index (χ3n) is 3.60. The molecule has 2 rings (SSSR count). The third-order valence-corrected chi connectivity index (χ3v) is 4.20. The Kier molecular flexibility index (Phi) is 4.45. The van der Waals surface area contributed by atoms with E-state index in [9.17, 15) is 0 Å². The van der Waals surface area contributed by atoms with E-state index < -0.39 is 0 Å². The van der Waals surface area contributed by atoms with Crippen LogP contribution >= 0.6 is 15.9 Å². The molecule has 0 bridgehead atoms. The Balaban J connectivity index is 2.00. The molecule has 0 spiro atoms. The Morgan fingerprint density at radius 2 is 2.17 bits per heavy atom. The van der Waals surface area contributed by atoms with E-state index in [2.05, 4.69) is 33.3 Å². The van der Waals surface area contributed by atoms with Gasteiger partial charge in [0.25, 0.3) is 0 Å². The van der Waals surface area contributed by atoms with Gasteiger partial charge in [-0.2, -0.15) is 0 Å². The lowest BCUT2D eigenvalue weighted by Gasteiger charge is -2.33. The predicted octanol–water partition coefficient (Wildman–Crippen LogP) is 3.48. The Morgan fingerprint density at radius 3 is 2.83 bits per heavy atom. The largest absolute Gasteiger partial charge is 0.492 e. The zero-order chi connectivity index (χ0) is 13.0. The molecule has 1 aromatic rings. The van der Waals surface area contributed by atoms with E-state index in [1.807, 2.05) is 6.07 Å². The van der Waals surface area contributed by atoms with E-state index in [-0.39, 0.29) is 0 Å². The van der Waals surface area contributed by atoms with Gasteiger partial charge in [-0.3, -0.25) is 0 Å². The first kappa shape index (κ1) is 13.6. The minimum absolute atomic E-state index is 0.303. The number of ether oxygens (including phenoxy) is 1. The van der Waals surface area contributed by atoms with Gasteiger partial charge in [0.2, 0.25) is 0 Å². The maximum Gasteiger partial charge on any atom is 0.143 e. The van der Waals surface area contributed by atoms with Gasteiger partial charge >= 0.3 is 0 Å². The zero-order valence-corrected chi connectivity index (χ0v) is 12.3. The van der Waals surface area contributed by atoms with E-state index in [1.165, 1.54) is 32.1 Å². The molecule has 1 saturated carbocycles. The molecule has 100 valence electrons. The molecule has 3 N–H and O–H groups in total. The molecule has 0 amide bonds. The van der Waals surface area contributed by atoms with Crippen LogP contribution in [0.1, 0.15) is 39.0 Å². The van der Waals surface area contributed by atoms with E-state index in [0.29, 0.717) is 11.2 Å². The van der Waals surface area contributed by atoms with Crippen LogP contribution in [0, 0.1) is 5.41 Å². The number of hydrazine groups is 1. The summed E-state index contributed by atoms with van der Waals surface area (Å²) < 4.78 is 6.80. The van der Waals surface area contributed by atoms with Gasteiger partial charge in [0.05, 0.1) is 11.1 Å². The number of nitrogens with one attached hydrogen (secondary N) is 1. The number of hydrogen-bond donors (Lipinski definition) is 2. The second-order valence-electron chi connectivity index (χ2n) is 5.30. The van der Waals surface area contributed by atoms with Crippen molar-refractivity contribution in [3.63, 3.8) is 0 Å². The minimum atomic E-state index is 0.303. The highest BCUT2D eigenvalue weighted by molar-refractivity contribution is 9.10. The van der Waals surface area contributed by atoms with E-state index in [1.54, 1.807) is 6.20 Å². The molecule has 1 fully saturated rings. The maximum atomic E-state index is 5.94. The van der Waals surface area contributed by atoms with Crippen LogP contribution in [0.5, 0.6) is 5.75 Å². The van der Waals surface area contributed by atoms with Gasteiger partial charge in [-0.05, 0) is 28.8 Å². The molecule has 1 aliphatic carbocycles. The molecule has 18 heavy (non-hydrogen) atoms. The lowest BCUT2D eigenvalue weighted by Crippen LogP contribution is -2.27. The van der Waals surface area contributed by atoms with Crippen LogP contribution in [-0.4, -0.2) is 11.6 Å². The molecule has 1 heterocycles. The van der Waals surface area contributed by atoms with Gasteiger partial charge < -0.3 is 10.2 Å². The molecule has 0 atom stereocenters. The van der Waals surface area contributed by atoms with Crippen LogP contribution in [-0.2, 0) is 0 Å². The van der Waals surface area contributed by atoms with E-state index in [0.717, 1.165) is 16.8 Å². The van der Waals surface area contributed by atoms with Crippen molar-refractivity contribution in [1.82, 2.24) is 4.98 Å². The first-order valence-corrected chi connectivity index (χ1v) is 7.17. The van der Waals surface area contributed by atoms with Crippen molar-refractivity contribution in [3.05, 3.63) is 16.7 Å². The molecule has 5 heteroatoms. The highest BCUT2D eigenvalue weighted by atomic mass is 79.9. The summed E-state index contributed by atoms with van der Waals surface area (Å²) in [4.78, 5) is 4.11. The number of hydrogen-bond acceptors (Lipinski definition) is 4. The van der Waals surface area contributed by atoms with Gasteiger partial charge in [0.1, 0.15) is 11.6 Å². The van der Waals surface area contributed by atoms with Crippen LogP contribution in [0.25, 0.3) is 0 Å². The van der Waals surface area contributed by atoms with Gasteiger partial charge in [0.15, 0.2) is 0 Å². The third kappa shape index (κ3) is 3.36. The molecular formula is C13H20BrN3O. The number of nitrogens with zero attached hydrogens (tertiary/aromatic N) is 1. The number of halogens is 1. The average Bonchev–Trinajstić information content (AvgIpc) is 2.39. The predicted molar refractivity (Wildman–Crippen MR) is 76.4 cm³/mol. The summed E-state index contributed by atoms with van der Waals surface area (Å²) in [6.45, 7) is 3.06. The molecule has 1 aliphatic rings. The first-order chi connectivity index (χ1) is 8.63. The molecule has 0 unspecified atom stereocenters. The Bertz CT molecular complexity index is 405. The Labute approximate surface area is 116 Å². The van der Waals surface area contributed by atoms with Crippen molar-refractivity contribution in [2.24, 2.45) is 11.3 Å². The summed E-state index contributed by atoms with van der Waals surface area (Å²) in [7, 11) is 0. The van der Waals surface area contributed by atoms with Gasteiger partial charge in [-0.25, -0.2) is 10.8 Å². The summed E-state index contributed by atoms with van der Waals surface area (Å²) in [5, 5.41) is 0. The summed E-state index contributed by atoms with van der Waals surface area (Å²) in [5.41, 5.74) is 2.83. The van der Waals surface area contributed by atoms with Crippen LogP contribution in [0.4, 0.5) is 5.82 Å². The van der Waals surface area contributed by atoms with Crippen molar-refractivity contribution >= 4 is 21.7 Å². The monoisotopic (exact) mass is 313 g/mol. The number of rotatable bonds is 4. The molecular weight excluding hydrogens is 294 g/mol. The summed E-state index contributed by atoms with van der Waals surface area (Å²) in [6.07, 6.45) is 8.18. The Morgan fingerprint density at radius 1 is 1.44 bits per heavy atom. The van der Waals surface area contributed by atoms with Crippen LogP contribution in [0.15, 0.2) is 16.7 Å². The number of nitrogen functional groups attached to an aromatic ring is 1. The highest BCUT2D eigenvalue weighted by Crippen LogP contribution is 2.37. The van der Waals surface area contributed by atoms with Crippen LogP contribution in [0.3, 0.4) is 0 Å². The van der Waals surface area contributed by atoms with Crippen molar-refractivity contribution < 1.29 is 4.74 Å². The van der Waals surface area contributed by atoms with Crippen LogP contribution in [0.2, 0.25) is 0 Å². The van der Waals surface area contributed by atoms with Gasteiger partial charge in [-0.15, -0.1) is 0 Å². The molecule has 0 aromatic carbocycles. The summed E-state index contributed by atoms with van der Waals surface area (Å²) in [5.74, 6) is 6.76. The molecule has 0 saturated heterocycles. The average molecular weight is 314 g/mol. The fourth-order valence-corrected chi connectivity index (χ4v) is 2.74. The zero-order valence-electron chi connectivity index (χ0n) is 10.7. The fourth-order valence-electron chi connectivity index (χ4n) is 2.41. The second kappa shape index (κ2) is 5.89. The van der Waals surface area contributed by atoms with Crippen LogP contribution < -0.4 is 16.0 Å². The first-order valence-electron chi connectivity index (χ1n) is 6.38. The highest BCUT2D eigenvalue weighted by Gasteiger charge is 2.27. The lowest BCUT2D eigenvalue weighted by atomic mass is 9.76. The van der Waals surface area contributed by atoms with Gasteiger partial charge in [-0.1, -0.05) is 26.2 Å². The van der Waals surface area contributed by atoms with E-state index in [4.69, 9.17) is 10.6 Å². The van der Waals surface area contributed by atoms with Crippen molar-refractivity contribution in [3.8, 4) is 5.75 Å². The van der Waals surface area contributed by atoms with E-state index >= 15 is 0 Å². The Hall–Kier alpha value is -0.810. The standard InChI is InChI=1S/C13H20BrN3O/c1-13(5-3-2-4-6-13)9-18-11-7-12(17-15)16-8-10(11)14/h7-8H,2-6,9,15H2,1H3,(H,16,17). The lowest BCUT2D eigenvalue weighted by molar-refractivity contribution is 0.115. The topological polar surface area (TPSA) is 60.2 Å². The fraction of sp³-hybridized carbons (Fsp3) is 0.615. The molecule has 1 aromatic heterocycles. The number of aromatic nitrogens is 1. The molecule has 4 nitrogen and oxygen atoms in total. The molecule has 0 radical (unpaired) electrons. The smallest absolute Gasteiger partial charge is 0.143 e. The summed E-state index contributed by atoms with van der Waals surface area (Å²) >= 11 is 3.45. The quantitative estimate of drug-likeness (QED) is 0.660.